The fourth-order valence-electron chi connectivity index (χ4n) is 1.37. The zero-order chi connectivity index (χ0) is 14.0. The van der Waals surface area contributed by atoms with Crippen molar-refractivity contribution in [3.05, 3.63) is 46.0 Å². The first-order valence-electron chi connectivity index (χ1n) is 5.08. The Morgan fingerprint density at radius 3 is 2.74 bits per heavy atom. The molecule has 0 aliphatic rings. The Hall–Kier alpha value is -1.31. The number of anilines is 2. The van der Waals surface area contributed by atoms with Crippen molar-refractivity contribution in [1.82, 2.24) is 4.98 Å². The lowest BCUT2D eigenvalue weighted by molar-refractivity contribution is 0.601. The van der Waals surface area contributed by atoms with Crippen LogP contribution >= 0.6 is 27.5 Å². The minimum Gasteiger partial charge on any atom is -0.399 e. The summed E-state index contributed by atoms with van der Waals surface area (Å²) in [5, 5.41) is 0.0914. The highest BCUT2D eigenvalue weighted by Gasteiger charge is 2.19. The molecule has 2 aromatic rings. The van der Waals surface area contributed by atoms with Gasteiger partial charge in [-0.05, 0) is 46.3 Å². The minimum absolute atomic E-state index is 0.0910. The summed E-state index contributed by atoms with van der Waals surface area (Å²) in [5.74, 6) is 0.181. The van der Waals surface area contributed by atoms with Gasteiger partial charge >= 0.3 is 0 Å². The molecule has 0 saturated carbocycles. The van der Waals surface area contributed by atoms with E-state index in [0.29, 0.717) is 10.2 Å². The number of pyridine rings is 1. The first kappa shape index (κ1) is 14.1. The van der Waals surface area contributed by atoms with Gasteiger partial charge in [0.1, 0.15) is 4.90 Å². The molecule has 100 valence electrons. The molecule has 19 heavy (non-hydrogen) atoms. The van der Waals surface area contributed by atoms with Crippen LogP contribution in [0.2, 0.25) is 5.02 Å². The number of nitrogens with zero attached hydrogens (tertiary/aromatic N) is 1. The topological polar surface area (TPSA) is 85.1 Å². The van der Waals surface area contributed by atoms with E-state index in [9.17, 15) is 8.42 Å². The van der Waals surface area contributed by atoms with Gasteiger partial charge in [-0.2, -0.15) is 0 Å². The molecule has 3 N–H and O–H groups in total. The van der Waals surface area contributed by atoms with Gasteiger partial charge in [-0.25, -0.2) is 13.4 Å². The van der Waals surface area contributed by atoms with E-state index in [-0.39, 0.29) is 15.7 Å². The van der Waals surface area contributed by atoms with Crippen LogP contribution in [-0.2, 0) is 10.0 Å². The SMILES string of the molecule is Nc1ccc(Cl)c(S(=O)(=O)Nc2ncccc2Br)c1. The third-order valence-corrected chi connectivity index (χ3v) is 4.69. The summed E-state index contributed by atoms with van der Waals surface area (Å²) in [6, 6.07) is 7.60. The summed E-state index contributed by atoms with van der Waals surface area (Å²) >= 11 is 9.09. The van der Waals surface area contributed by atoms with Gasteiger partial charge in [0.2, 0.25) is 0 Å². The summed E-state index contributed by atoms with van der Waals surface area (Å²) in [6.45, 7) is 0. The summed E-state index contributed by atoms with van der Waals surface area (Å²) < 4.78 is 27.3. The van der Waals surface area contributed by atoms with Gasteiger partial charge in [-0.15, -0.1) is 0 Å². The number of sulfonamides is 1. The first-order valence-corrected chi connectivity index (χ1v) is 7.74. The van der Waals surface area contributed by atoms with Crippen molar-refractivity contribution < 1.29 is 8.42 Å². The average Bonchev–Trinajstić information content (AvgIpc) is 2.35. The normalized spacial score (nSPS) is 11.3. The molecule has 0 fully saturated rings. The fourth-order valence-corrected chi connectivity index (χ4v) is 3.42. The summed E-state index contributed by atoms with van der Waals surface area (Å²) in [5.41, 5.74) is 5.88. The zero-order valence-corrected chi connectivity index (χ0v) is 12.6. The van der Waals surface area contributed by atoms with Gasteiger partial charge in [-0.1, -0.05) is 11.6 Å². The standard InChI is InChI=1S/C11H9BrClN3O2S/c12-8-2-1-5-15-11(8)16-19(17,18)10-6-7(14)3-4-9(10)13/h1-6H,14H2,(H,15,16). The second-order valence-electron chi connectivity index (χ2n) is 3.63. The van der Waals surface area contributed by atoms with Gasteiger partial charge in [0.25, 0.3) is 10.0 Å². The van der Waals surface area contributed by atoms with E-state index in [1.165, 1.54) is 24.4 Å². The van der Waals surface area contributed by atoms with E-state index in [0.717, 1.165) is 0 Å². The zero-order valence-electron chi connectivity index (χ0n) is 9.47. The van der Waals surface area contributed by atoms with E-state index in [2.05, 4.69) is 25.6 Å². The molecule has 0 atom stereocenters. The average molecular weight is 363 g/mol. The number of nitrogens with one attached hydrogen (secondary N) is 1. The van der Waals surface area contributed by atoms with Crippen LogP contribution in [0, 0.1) is 0 Å². The monoisotopic (exact) mass is 361 g/mol. The van der Waals surface area contributed by atoms with Crippen molar-refractivity contribution in [2.45, 2.75) is 4.90 Å². The number of hydrogen-bond acceptors (Lipinski definition) is 4. The molecule has 0 aliphatic carbocycles. The van der Waals surface area contributed by atoms with Crippen molar-refractivity contribution in [2.75, 3.05) is 10.5 Å². The van der Waals surface area contributed by atoms with E-state index < -0.39 is 10.0 Å². The highest BCUT2D eigenvalue weighted by atomic mass is 79.9. The molecule has 5 nitrogen and oxygen atoms in total. The number of aromatic nitrogens is 1. The maximum atomic E-state index is 12.2. The molecule has 0 bridgehead atoms. The highest BCUT2D eigenvalue weighted by Crippen LogP contribution is 2.27. The van der Waals surface area contributed by atoms with Crippen molar-refractivity contribution in [1.29, 1.82) is 0 Å². The van der Waals surface area contributed by atoms with Crippen LogP contribution in [-0.4, -0.2) is 13.4 Å². The smallest absolute Gasteiger partial charge is 0.264 e. The van der Waals surface area contributed by atoms with Gasteiger partial charge in [0.05, 0.1) is 9.50 Å². The Labute approximate surface area is 124 Å². The minimum atomic E-state index is -3.84. The van der Waals surface area contributed by atoms with Gasteiger partial charge in [0, 0.05) is 11.9 Å². The molecule has 1 heterocycles. The fraction of sp³-hybridized carbons (Fsp3) is 0. The molecule has 0 aliphatic heterocycles. The van der Waals surface area contributed by atoms with Crippen molar-refractivity contribution in [2.24, 2.45) is 0 Å². The van der Waals surface area contributed by atoms with Crippen LogP contribution in [0.4, 0.5) is 11.5 Å². The summed E-state index contributed by atoms with van der Waals surface area (Å²) in [4.78, 5) is 3.84. The Balaban J connectivity index is 2.44. The van der Waals surface area contributed by atoms with Gasteiger partial charge in [-0.3, -0.25) is 4.72 Å². The van der Waals surface area contributed by atoms with Gasteiger partial charge < -0.3 is 5.73 Å². The van der Waals surface area contributed by atoms with Crippen molar-refractivity contribution in [3.63, 3.8) is 0 Å². The first-order chi connectivity index (χ1) is 8.90. The van der Waals surface area contributed by atoms with Crippen LogP contribution in [0.1, 0.15) is 0 Å². The van der Waals surface area contributed by atoms with E-state index in [4.69, 9.17) is 17.3 Å². The molecule has 0 unspecified atom stereocenters. The highest BCUT2D eigenvalue weighted by molar-refractivity contribution is 9.10. The molecule has 0 spiro atoms. The van der Waals surface area contributed by atoms with Crippen LogP contribution in [0.3, 0.4) is 0 Å². The quantitative estimate of drug-likeness (QED) is 0.822. The number of hydrogen-bond donors (Lipinski definition) is 2. The van der Waals surface area contributed by atoms with Gasteiger partial charge in [0.15, 0.2) is 5.82 Å². The number of rotatable bonds is 3. The van der Waals surface area contributed by atoms with Crippen LogP contribution in [0.15, 0.2) is 45.9 Å². The lowest BCUT2D eigenvalue weighted by atomic mass is 10.3. The molecule has 0 amide bonds. The maximum absolute atomic E-state index is 12.2. The number of benzene rings is 1. The molecule has 1 aromatic heterocycles. The lowest BCUT2D eigenvalue weighted by Crippen LogP contribution is -2.15. The van der Waals surface area contributed by atoms with E-state index in [1.54, 1.807) is 12.1 Å². The number of nitrogen functional groups attached to an aromatic ring is 1. The molecule has 0 saturated heterocycles. The summed E-state index contributed by atoms with van der Waals surface area (Å²) in [6.07, 6.45) is 1.48. The second-order valence-corrected chi connectivity index (χ2v) is 6.54. The third-order valence-electron chi connectivity index (χ3n) is 2.23. The van der Waals surface area contributed by atoms with E-state index in [1.807, 2.05) is 0 Å². The predicted octanol–water partition coefficient (Wildman–Crippen LogP) is 2.88. The second kappa shape index (κ2) is 5.36. The maximum Gasteiger partial charge on any atom is 0.264 e. The Morgan fingerprint density at radius 1 is 1.32 bits per heavy atom. The molecule has 2 rings (SSSR count). The molecule has 0 radical (unpaired) electrons. The predicted molar refractivity (Wildman–Crippen MR) is 78.6 cm³/mol. The largest absolute Gasteiger partial charge is 0.399 e. The Kier molecular flexibility index (Phi) is 3.98. The summed E-state index contributed by atoms with van der Waals surface area (Å²) in [7, 11) is -3.84. The molecule has 1 aromatic carbocycles. The third kappa shape index (κ3) is 3.17. The van der Waals surface area contributed by atoms with Crippen LogP contribution in [0.25, 0.3) is 0 Å². The Morgan fingerprint density at radius 2 is 2.05 bits per heavy atom. The number of halogens is 2. The number of nitrogens with two attached hydrogens (primary N) is 1. The Bertz CT molecular complexity index is 722. The van der Waals surface area contributed by atoms with E-state index >= 15 is 0 Å². The van der Waals surface area contributed by atoms with Crippen molar-refractivity contribution in [3.8, 4) is 0 Å². The van der Waals surface area contributed by atoms with Crippen LogP contribution < -0.4 is 10.5 Å². The van der Waals surface area contributed by atoms with Crippen LogP contribution in [0.5, 0.6) is 0 Å². The molecular weight excluding hydrogens is 354 g/mol. The lowest BCUT2D eigenvalue weighted by Gasteiger charge is -2.10. The van der Waals surface area contributed by atoms with Crippen molar-refractivity contribution >= 4 is 49.1 Å². The molecular formula is C11H9BrClN3O2S. The molecule has 8 heteroatoms.